The van der Waals surface area contributed by atoms with Gasteiger partial charge in [0, 0.05) is 23.2 Å². The topological polar surface area (TPSA) is 37.4 Å². The standard InChI is InChI=1S/C15H10F3NO2S2/c16-15(17,18)23(20,21)19-7-10-2-1-3-12-13(10)11(8-19)6-9-4-5-22-14(9)12/h1-6H,7-8H2. The second-order valence-electron chi connectivity index (χ2n) is 5.43. The van der Waals surface area contributed by atoms with E-state index in [0.717, 1.165) is 20.9 Å². The molecule has 1 aromatic heterocycles. The van der Waals surface area contributed by atoms with Gasteiger partial charge in [-0.15, -0.1) is 11.3 Å². The van der Waals surface area contributed by atoms with Crippen LogP contribution in [0.4, 0.5) is 13.2 Å². The lowest BCUT2D eigenvalue weighted by Crippen LogP contribution is -2.41. The van der Waals surface area contributed by atoms with Crippen molar-refractivity contribution >= 4 is 42.2 Å². The van der Waals surface area contributed by atoms with Crippen LogP contribution in [0.2, 0.25) is 0 Å². The Morgan fingerprint density at radius 3 is 2.57 bits per heavy atom. The number of fused-ring (bicyclic) bond motifs is 2. The summed E-state index contributed by atoms with van der Waals surface area (Å²) in [5, 5.41) is 4.67. The zero-order chi connectivity index (χ0) is 16.4. The van der Waals surface area contributed by atoms with Crippen LogP contribution in [0.5, 0.6) is 0 Å². The van der Waals surface area contributed by atoms with E-state index in [4.69, 9.17) is 0 Å². The van der Waals surface area contributed by atoms with Crippen molar-refractivity contribution < 1.29 is 21.6 Å². The van der Waals surface area contributed by atoms with Crippen LogP contribution in [-0.4, -0.2) is 18.2 Å². The normalized spacial score (nSPS) is 16.3. The van der Waals surface area contributed by atoms with E-state index in [9.17, 15) is 21.6 Å². The van der Waals surface area contributed by atoms with Gasteiger partial charge in [0.2, 0.25) is 0 Å². The molecule has 0 unspecified atom stereocenters. The van der Waals surface area contributed by atoms with Crippen molar-refractivity contribution in [1.29, 1.82) is 0 Å². The second kappa shape index (κ2) is 4.68. The summed E-state index contributed by atoms with van der Waals surface area (Å²) in [5.74, 6) is 0. The second-order valence-corrected chi connectivity index (χ2v) is 8.28. The van der Waals surface area contributed by atoms with Crippen LogP contribution in [0.1, 0.15) is 11.1 Å². The van der Waals surface area contributed by atoms with E-state index in [0.29, 0.717) is 15.4 Å². The van der Waals surface area contributed by atoms with Crippen molar-refractivity contribution in [2.45, 2.75) is 18.6 Å². The molecule has 2 aromatic carbocycles. The monoisotopic (exact) mass is 357 g/mol. The summed E-state index contributed by atoms with van der Waals surface area (Å²) in [7, 11) is -5.34. The van der Waals surface area contributed by atoms with E-state index >= 15 is 0 Å². The number of sulfonamides is 1. The minimum Gasteiger partial charge on any atom is -0.203 e. The number of thiophene rings is 1. The van der Waals surface area contributed by atoms with E-state index < -0.39 is 15.5 Å². The van der Waals surface area contributed by atoms with E-state index in [1.165, 1.54) is 0 Å². The largest absolute Gasteiger partial charge is 0.511 e. The summed E-state index contributed by atoms with van der Waals surface area (Å²) >= 11 is 1.57. The van der Waals surface area contributed by atoms with Crippen molar-refractivity contribution in [2.75, 3.05) is 0 Å². The lowest BCUT2D eigenvalue weighted by Gasteiger charge is -2.29. The van der Waals surface area contributed by atoms with Crippen LogP contribution < -0.4 is 0 Å². The number of alkyl halides is 3. The Hall–Kier alpha value is -1.64. The van der Waals surface area contributed by atoms with Gasteiger partial charge in [-0.1, -0.05) is 18.2 Å². The van der Waals surface area contributed by atoms with Crippen molar-refractivity contribution in [2.24, 2.45) is 0 Å². The average molecular weight is 357 g/mol. The molecule has 0 amide bonds. The summed E-state index contributed by atoms with van der Waals surface area (Å²) in [4.78, 5) is 0. The molecule has 2 heterocycles. The molecule has 1 aliphatic rings. The van der Waals surface area contributed by atoms with Gasteiger partial charge >= 0.3 is 15.5 Å². The van der Waals surface area contributed by atoms with Gasteiger partial charge in [0.15, 0.2) is 0 Å². The lowest BCUT2D eigenvalue weighted by atomic mass is 9.95. The molecule has 4 rings (SSSR count). The van der Waals surface area contributed by atoms with Gasteiger partial charge in [-0.2, -0.15) is 17.5 Å². The molecular weight excluding hydrogens is 347 g/mol. The molecular formula is C15H10F3NO2S2. The summed E-state index contributed by atoms with van der Waals surface area (Å²) in [6, 6.07) is 9.04. The predicted octanol–water partition coefficient (Wildman–Crippen LogP) is 4.22. The molecule has 3 aromatic rings. The fourth-order valence-corrected chi connectivity index (χ4v) is 4.91. The molecule has 120 valence electrons. The van der Waals surface area contributed by atoms with Gasteiger partial charge < -0.3 is 0 Å². The van der Waals surface area contributed by atoms with Crippen molar-refractivity contribution in [3.05, 3.63) is 46.8 Å². The van der Waals surface area contributed by atoms with E-state index in [2.05, 4.69) is 0 Å². The average Bonchev–Trinajstić information content (AvgIpc) is 2.94. The first-order valence-corrected chi connectivity index (χ1v) is 9.08. The lowest BCUT2D eigenvalue weighted by molar-refractivity contribution is -0.0494. The third-order valence-electron chi connectivity index (χ3n) is 4.07. The Morgan fingerprint density at radius 2 is 1.83 bits per heavy atom. The van der Waals surface area contributed by atoms with E-state index in [1.807, 2.05) is 17.5 Å². The molecule has 3 nitrogen and oxygen atoms in total. The smallest absolute Gasteiger partial charge is 0.203 e. The van der Waals surface area contributed by atoms with Gasteiger partial charge in [-0.3, -0.25) is 0 Å². The minimum absolute atomic E-state index is 0.261. The predicted molar refractivity (Wildman–Crippen MR) is 83.6 cm³/mol. The summed E-state index contributed by atoms with van der Waals surface area (Å²) in [5.41, 5.74) is -4.07. The molecule has 1 aliphatic heterocycles. The van der Waals surface area contributed by atoms with Crippen LogP contribution in [0, 0.1) is 0 Å². The molecule has 0 atom stereocenters. The summed E-state index contributed by atoms with van der Waals surface area (Å²) in [6.07, 6.45) is 0. The molecule has 23 heavy (non-hydrogen) atoms. The number of halogens is 3. The van der Waals surface area contributed by atoms with Crippen molar-refractivity contribution in [3.8, 4) is 0 Å². The molecule has 0 aliphatic carbocycles. The molecule has 0 bridgehead atoms. The molecule has 0 saturated carbocycles. The van der Waals surface area contributed by atoms with Gasteiger partial charge in [-0.25, -0.2) is 8.42 Å². The number of hydrogen-bond acceptors (Lipinski definition) is 3. The van der Waals surface area contributed by atoms with Crippen LogP contribution in [-0.2, 0) is 23.1 Å². The third kappa shape index (κ3) is 2.09. The van der Waals surface area contributed by atoms with Gasteiger partial charge in [0.1, 0.15) is 0 Å². The van der Waals surface area contributed by atoms with Crippen LogP contribution in [0.15, 0.2) is 35.7 Å². The Labute approximate surface area is 134 Å². The molecule has 0 saturated heterocycles. The van der Waals surface area contributed by atoms with Crippen LogP contribution in [0.3, 0.4) is 0 Å². The zero-order valence-corrected chi connectivity index (χ0v) is 13.2. The number of nitrogens with zero attached hydrogens (tertiary/aromatic N) is 1. The Balaban J connectivity index is 1.96. The highest BCUT2D eigenvalue weighted by molar-refractivity contribution is 7.89. The molecule has 0 spiro atoms. The number of hydrogen-bond donors (Lipinski definition) is 0. The van der Waals surface area contributed by atoms with Crippen molar-refractivity contribution in [3.63, 3.8) is 0 Å². The highest BCUT2D eigenvalue weighted by Gasteiger charge is 2.50. The Bertz CT molecular complexity index is 1040. The number of benzene rings is 2. The SMILES string of the molecule is O=S(=O)(N1Cc2cccc3c2c(cc2ccsc23)C1)C(F)(F)F. The first-order chi connectivity index (χ1) is 10.8. The molecule has 0 N–H and O–H groups in total. The maximum atomic E-state index is 12.9. The van der Waals surface area contributed by atoms with Crippen molar-refractivity contribution in [1.82, 2.24) is 4.31 Å². The minimum atomic E-state index is -5.34. The maximum absolute atomic E-state index is 12.9. The Morgan fingerprint density at radius 1 is 1.09 bits per heavy atom. The zero-order valence-electron chi connectivity index (χ0n) is 11.6. The highest BCUT2D eigenvalue weighted by atomic mass is 32.2. The quantitative estimate of drug-likeness (QED) is 0.654. The van der Waals surface area contributed by atoms with Gasteiger partial charge in [0.25, 0.3) is 0 Å². The molecule has 0 radical (unpaired) electrons. The Kier molecular flexibility index (Phi) is 3.04. The van der Waals surface area contributed by atoms with Crippen LogP contribution in [0.25, 0.3) is 20.9 Å². The van der Waals surface area contributed by atoms with Gasteiger partial charge in [0.05, 0.1) is 0 Å². The van der Waals surface area contributed by atoms with E-state index in [1.54, 1.807) is 29.5 Å². The van der Waals surface area contributed by atoms with Gasteiger partial charge in [-0.05, 0) is 39.4 Å². The van der Waals surface area contributed by atoms with E-state index in [-0.39, 0.29) is 13.1 Å². The summed E-state index contributed by atoms with van der Waals surface area (Å²) < 4.78 is 63.7. The fraction of sp³-hybridized carbons (Fsp3) is 0.200. The maximum Gasteiger partial charge on any atom is 0.511 e. The van der Waals surface area contributed by atoms with Crippen LogP contribution >= 0.6 is 11.3 Å². The third-order valence-corrected chi connectivity index (χ3v) is 6.55. The number of rotatable bonds is 1. The fourth-order valence-electron chi connectivity index (χ4n) is 3.09. The molecule has 0 fully saturated rings. The summed E-state index contributed by atoms with van der Waals surface area (Å²) in [6.45, 7) is -0.524. The molecule has 8 heteroatoms. The highest BCUT2D eigenvalue weighted by Crippen LogP contribution is 2.40. The first-order valence-electron chi connectivity index (χ1n) is 6.76. The first kappa shape index (κ1) is 14.9.